The van der Waals surface area contributed by atoms with Crippen molar-refractivity contribution < 1.29 is 9.53 Å². The molecular formula is C13H24N2O2. The summed E-state index contributed by atoms with van der Waals surface area (Å²) in [4.78, 5) is 14.2. The highest BCUT2D eigenvalue weighted by molar-refractivity contribution is 5.75. The van der Waals surface area contributed by atoms with E-state index in [1.54, 1.807) is 0 Å². The lowest BCUT2D eigenvalue weighted by Gasteiger charge is -2.36. The average Bonchev–Trinajstić information content (AvgIpc) is 2.40. The van der Waals surface area contributed by atoms with Crippen molar-refractivity contribution in [1.29, 1.82) is 0 Å². The molecule has 1 aliphatic heterocycles. The zero-order chi connectivity index (χ0) is 12.1. The summed E-state index contributed by atoms with van der Waals surface area (Å²) in [7, 11) is 0. The predicted octanol–water partition coefficient (Wildman–Crippen LogP) is 2.14. The number of hydrogen-bond acceptors (Lipinski definition) is 2. The van der Waals surface area contributed by atoms with Gasteiger partial charge in [-0.15, -0.1) is 0 Å². The van der Waals surface area contributed by atoms with Crippen molar-refractivity contribution in [2.45, 2.75) is 57.5 Å². The van der Waals surface area contributed by atoms with Gasteiger partial charge in [-0.2, -0.15) is 0 Å². The summed E-state index contributed by atoms with van der Waals surface area (Å²) >= 11 is 0. The van der Waals surface area contributed by atoms with Gasteiger partial charge >= 0.3 is 6.03 Å². The van der Waals surface area contributed by atoms with E-state index in [-0.39, 0.29) is 12.1 Å². The van der Waals surface area contributed by atoms with E-state index in [1.807, 2.05) is 4.90 Å². The van der Waals surface area contributed by atoms with Crippen LogP contribution in [0.5, 0.6) is 0 Å². The first-order chi connectivity index (χ1) is 8.31. The summed E-state index contributed by atoms with van der Waals surface area (Å²) < 4.78 is 5.42. The molecule has 0 bridgehead atoms. The number of hydrogen-bond donors (Lipinski definition) is 1. The van der Waals surface area contributed by atoms with E-state index in [9.17, 15) is 4.79 Å². The first kappa shape index (κ1) is 12.7. The van der Waals surface area contributed by atoms with Crippen molar-refractivity contribution in [1.82, 2.24) is 10.2 Å². The second-order valence-electron chi connectivity index (χ2n) is 5.11. The number of amides is 2. The van der Waals surface area contributed by atoms with E-state index in [0.29, 0.717) is 19.3 Å². The monoisotopic (exact) mass is 240 g/mol. The van der Waals surface area contributed by atoms with Crippen LogP contribution in [0, 0.1) is 0 Å². The van der Waals surface area contributed by atoms with E-state index in [2.05, 4.69) is 12.2 Å². The van der Waals surface area contributed by atoms with E-state index < -0.39 is 0 Å². The molecule has 0 aromatic rings. The molecule has 1 saturated carbocycles. The number of nitrogens with one attached hydrogen (secondary N) is 1. The van der Waals surface area contributed by atoms with Crippen LogP contribution < -0.4 is 5.32 Å². The molecule has 98 valence electrons. The molecule has 4 nitrogen and oxygen atoms in total. The normalized spacial score (nSPS) is 26.9. The van der Waals surface area contributed by atoms with Crippen molar-refractivity contribution >= 4 is 6.03 Å². The Morgan fingerprint density at radius 3 is 2.82 bits per heavy atom. The van der Waals surface area contributed by atoms with Crippen molar-refractivity contribution in [3.05, 3.63) is 0 Å². The molecule has 1 N–H and O–H groups in total. The standard InChI is InChI=1S/C13H24N2O2/c1-2-12-10-17-9-8-15(12)13(16)14-11-6-4-3-5-7-11/h11-12H,2-10H2,1H3,(H,14,16). The highest BCUT2D eigenvalue weighted by Crippen LogP contribution is 2.18. The van der Waals surface area contributed by atoms with E-state index in [0.717, 1.165) is 25.8 Å². The first-order valence-electron chi connectivity index (χ1n) is 6.96. The summed E-state index contributed by atoms with van der Waals surface area (Å²) in [5.41, 5.74) is 0. The molecule has 1 heterocycles. The van der Waals surface area contributed by atoms with Crippen LogP contribution in [0.3, 0.4) is 0 Å². The number of rotatable bonds is 2. The molecule has 0 radical (unpaired) electrons. The van der Waals surface area contributed by atoms with Gasteiger partial charge in [0.25, 0.3) is 0 Å². The average molecular weight is 240 g/mol. The quantitative estimate of drug-likeness (QED) is 0.803. The van der Waals surface area contributed by atoms with Gasteiger partial charge in [-0.05, 0) is 19.3 Å². The highest BCUT2D eigenvalue weighted by Gasteiger charge is 2.27. The van der Waals surface area contributed by atoms with Gasteiger partial charge in [-0.3, -0.25) is 0 Å². The summed E-state index contributed by atoms with van der Waals surface area (Å²) in [6, 6.07) is 0.774. The maximum absolute atomic E-state index is 12.2. The number of nitrogens with zero attached hydrogens (tertiary/aromatic N) is 1. The summed E-state index contributed by atoms with van der Waals surface area (Å²) in [6.07, 6.45) is 7.09. The van der Waals surface area contributed by atoms with Crippen molar-refractivity contribution in [3.63, 3.8) is 0 Å². The van der Waals surface area contributed by atoms with Gasteiger partial charge < -0.3 is 15.0 Å². The van der Waals surface area contributed by atoms with Crippen molar-refractivity contribution in [2.75, 3.05) is 19.8 Å². The van der Waals surface area contributed by atoms with Crippen LogP contribution >= 0.6 is 0 Å². The van der Waals surface area contributed by atoms with Gasteiger partial charge in [0, 0.05) is 12.6 Å². The Hall–Kier alpha value is -0.770. The Morgan fingerprint density at radius 2 is 2.12 bits per heavy atom. The third-order valence-corrected chi connectivity index (χ3v) is 3.89. The molecule has 1 atom stereocenters. The van der Waals surface area contributed by atoms with Crippen molar-refractivity contribution in [3.8, 4) is 0 Å². The van der Waals surface area contributed by atoms with E-state index in [4.69, 9.17) is 4.74 Å². The van der Waals surface area contributed by atoms with Gasteiger partial charge in [0.2, 0.25) is 0 Å². The summed E-state index contributed by atoms with van der Waals surface area (Å²) in [5.74, 6) is 0. The Bertz CT molecular complexity index is 252. The molecule has 0 aromatic heterocycles. The lowest BCUT2D eigenvalue weighted by atomic mass is 9.96. The lowest BCUT2D eigenvalue weighted by Crippen LogP contribution is -2.54. The Labute approximate surface area is 104 Å². The van der Waals surface area contributed by atoms with Gasteiger partial charge in [0.1, 0.15) is 0 Å². The molecular weight excluding hydrogens is 216 g/mol. The van der Waals surface area contributed by atoms with Crippen LogP contribution in [0.4, 0.5) is 4.79 Å². The molecule has 1 aliphatic carbocycles. The zero-order valence-electron chi connectivity index (χ0n) is 10.8. The highest BCUT2D eigenvalue weighted by atomic mass is 16.5. The molecule has 4 heteroatoms. The van der Waals surface area contributed by atoms with Gasteiger partial charge in [0.15, 0.2) is 0 Å². The second-order valence-corrected chi connectivity index (χ2v) is 5.11. The maximum atomic E-state index is 12.2. The minimum Gasteiger partial charge on any atom is -0.377 e. The van der Waals surface area contributed by atoms with Gasteiger partial charge in [-0.25, -0.2) is 4.79 Å². The largest absolute Gasteiger partial charge is 0.377 e. The molecule has 2 aliphatic rings. The first-order valence-corrected chi connectivity index (χ1v) is 6.96. The van der Waals surface area contributed by atoms with E-state index >= 15 is 0 Å². The van der Waals surface area contributed by atoms with Crippen LogP contribution in [0.25, 0.3) is 0 Å². The zero-order valence-corrected chi connectivity index (χ0v) is 10.8. The van der Waals surface area contributed by atoms with E-state index in [1.165, 1.54) is 19.3 Å². The lowest BCUT2D eigenvalue weighted by molar-refractivity contribution is 0.0104. The van der Waals surface area contributed by atoms with Crippen LogP contribution in [-0.2, 0) is 4.74 Å². The number of carbonyl (C=O) groups is 1. The number of urea groups is 1. The second kappa shape index (κ2) is 6.24. The molecule has 2 fully saturated rings. The molecule has 1 saturated heterocycles. The fraction of sp³-hybridized carbons (Fsp3) is 0.923. The Morgan fingerprint density at radius 1 is 1.35 bits per heavy atom. The SMILES string of the molecule is CCC1COCCN1C(=O)NC1CCCCC1. The van der Waals surface area contributed by atoms with Crippen molar-refractivity contribution in [2.24, 2.45) is 0 Å². The molecule has 2 amide bonds. The number of morpholine rings is 1. The van der Waals surface area contributed by atoms with Crippen LogP contribution in [0.1, 0.15) is 45.4 Å². The van der Waals surface area contributed by atoms with Crippen LogP contribution in [-0.4, -0.2) is 42.8 Å². The maximum Gasteiger partial charge on any atom is 0.318 e. The molecule has 0 aromatic carbocycles. The molecule has 2 rings (SSSR count). The Balaban J connectivity index is 1.84. The Kier molecular flexibility index (Phi) is 4.66. The molecule has 17 heavy (non-hydrogen) atoms. The minimum absolute atomic E-state index is 0.118. The number of ether oxygens (including phenoxy) is 1. The summed E-state index contributed by atoms with van der Waals surface area (Å²) in [5, 5.41) is 3.18. The third kappa shape index (κ3) is 3.35. The number of carbonyl (C=O) groups excluding carboxylic acids is 1. The van der Waals surface area contributed by atoms with Crippen LogP contribution in [0.15, 0.2) is 0 Å². The molecule has 1 unspecified atom stereocenters. The molecule has 0 spiro atoms. The predicted molar refractivity (Wildman–Crippen MR) is 67.0 cm³/mol. The third-order valence-electron chi connectivity index (χ3n) is 3.89. The van der Waals surface area contributed by atoms with Gasteiger partial charge in [-0.1, -0.05) is 26.2 Å². The topological polar surface area (TPSA) is 41.6 Å². The van der Waals surface area contributed by atoms with Gasteiger partial charge in [0.05, 0.1) is 19.3 Å². The van der Waals surface area contributed by atoms with Crippen LogP contribution in [0.2, 0.25) is 0 Å². The summed E-state index contributed by atoms with van der Waals surface area (Å²) in [6.45, 7) is 4.21. The fourth-order valence-electron chi connectivity index (χ4n) is 2.76. The fourth-order valence-corrected chi connectivity index (χ4v) is 2.76. The smallest absolute Gasteiger partial charge is 0.318 e. The minimum atomic E-state index is 0.118.